The highest BCUT2D eigenvalue weighted by molar-refractivity contribution is 5.90. The van der Waals surface area contributed by atoms with Crippen molar-refractivity contribution in [2.45, 2.75) is 25.1 Å². The highest BCUT2D eigenvalue weighted by atomic mass is 19.4. The molecule has 1 aromatic heterocycles. The molecule has 2 heterocycles. The van der Waals surface area contributed by atoms with Gasteiger partial charge in [0.1, 0.15) is 12.2 Å². The molecule has 1 fully saturated rings. The number of amides is 2. The summed E-state index contributed by atoms with van der Waals surface area (Å²) in [7, 11) is 0. The molecule has 2 aromatic rings. The Hall–Kier alpha value is -3.35. The zero-order valence-electron chi connectivity index (χ0n) is 14.6. The smallest absolute Gasteiger partial charge is 0.418 e. The van der Waals surface area contributed by atoms with Gasteiger partial charge in [0.05, 0.1) is 17.8 Å². The average molecular weight is 391 g/mol. The Labute approximate surface area is 158 Å². The molecule has 146 valence electrons. The van der Waals surface area contributed by atoms with Crippen LogP contribution in [0.1, 0.15) is 24.1 Å². The van der Waals surface area contributed by atoms with Crippen molar-refractivity contribution in [3.8, 4) is 11.9 Å². The number of hydrogen-bond acceptors (Lipinski definition) is 5. The number of ether oxygens (including phenoxy) is 1. The van der Waals surface area contributed by atoms with Crippen LogP contribution in [0.4, 0.5) is 23.7 Å². The summed E-state index contributed by atoms with van der Waals surface area (Å²) in [4.78, 5) is 21.7. The van der Waals surface area contributed by atoms with Gasteiger partial charge in [-0.05, 0) is 25.0 Å². The number of nitrogens with one attached hydrogen (secondary N) is 1. The zero-order valence-corrected chi connectivity index (χ0v) is 14.6. The van der Waals surface area contributed by atoms with Gasteiger partial charge in [0.2, 0.25) is 5.69 Å². The Kier molecular flexibility index (Phi) is 5.63. The van der Waals surface area contributed by atoms with Gasteiger partial charge in [0, 0.05) is 18.9 Å². The molecular formula is C18H16F3N5O2. The molecule has 0 saturated carbocycles. The fourth-order valence-electron chi connectivity index (χ4n) is 2.90. The number of likely N-dealkylation sites (tertiary alicyclic amines) is 1. The molecule has 3 rings (SSSR count). The fourth-order valence-corrected chi connectivity index (χ4v) is 2.90. The Morgan fingerprint density at radius 2 is 2.04 bits per heavy atom. The number of anilines is 1. The van der Waals surface area contributed by atoms with Crippen LogP contribution in [0, 0.1) is 11.3 Å². The van der Waals surface area contributed by atoms with Crippen molar-refractivity contribution in [3.05, 3.63) is 47.9 Å². The van der Waals surface area contributed by atoms with Crippen LogP contribution in [0.3, 0.4) is 0 Å². The molecule has 1 N–H and O–H groups in total. The van der Waals surface area contributed by atoms with Crippen molar-refractivity contribution in [2.24, 2.45) is 0 Å². The molecule has 1 aliphatic rings. The van der Waals surface area contributed by atoms with Crippen molar-refractivity contribution >= 4 is 11.7 Å². The Morgan fingerprint density at radius 3 is 2.79 bits per heavy atom. The summed E-state index contributed by atoms with van der Waals surface area (Å²) in [5.41, 5.74) is -1.18. The minimum Gasteiger partial charge on any atom is -0.470 e. The lowest BCUT2D eigenvalue weighted by atomic mass is 10.1. The van der Waals surface area contributed by atoms with Crippen LogP contribution in [0.25, 0.3) is 0 Å². The second-order valence-corrected chi connectivity index (χ2v) is 6.12. The number of carbonyl (C=O) groups excluding carboxylic acids is 1. The van der Waals surface area contributed by atoms with Crippen molar-refractivity contribution in [1.82, 2.24) is 14.9 Å². The van der Waals surface area contributed by atoms with E-state index in [9.17, 15) is 18.0 Å². The first kappa shape index (κ1) is 19.4. The second-order valence-electron chi connectivity index (χ2n) is 6.12. The number of rotatable bonds is 3. The first-order valence-corrected chi connectivity index (χ1v) is 8.48. The van der Waals surface area contributed by atoms with Gasteiger partial charge in [-0.2, -0.15) is 18.4 Å². The number of piperidine rings is 1. The van der Waals surface area contributed by atoms with Gasteiger partial charge < -0.3 is 15.0 Å². The molecule has 0 aliphatic carbocycles. The van der Waals surface area contributed by atoms with Crippen LogP contribution in [0.2, 0.25) is 0 Å². The van der Waals surface area contributed by atoms with Crippen LogP contribution >= 0.6 is 0 Å². The predicted octanol–water partition coefficient (Wildman–Crippen LogP) is 3.44. The number of nitrogens with zero attached hydrogens (tertiary/aromatic N) is 4. The van der Waals surface area contributed by atoms with Gasteiger partial charge >= 0.3 is 12.2 Å². The number of urea groups is 1. The van der Waals surface area contributed by atoms with E-state index < -0.39 is 23.9 Å². The molecular weight excluding hydrogens is 375 g/mol. The van der Waals surface area contributed by atoms with Gasteiger partial charge in [-0.25, -0.2) is 14.8 Å². The maximum absolute atomic E-state index is 13.1. The monoisotopic (exact) mass is 391 g/mol. The van der Waals surface area contributed by atoms with Gasteiger partial charge in [-0.15, -0.1) is 0 Å². The predicted molar refractivity (Wildman–Crippen MR) is 92.4 cm³/mol. The molecule has 1 unspecified atom stereocenters. The van der Waals surface area contributed by atoms with Crippen molar-refractivity contribution in [1.29, 1.82) is 5.26 Å². The molecule has 1 aliphatic heterocycles. The summed E-state index contributed by atoms with van der Waals surface area (Å²) in [5.74, 6) is 0.0691. The number of alkyl halides is 3. The summed E-state index contributed by atoms with van der Waals surface area (Å²) in [6, 6.07) is 6.03. The molecule has 0 spiro atoms. The number of para-hydroxylation sites is 1. The first-order chi connectivity index (χ1) is 13.4. The summed E-state index contributed by atoms with van der Waals surface area (Å²) in [5, 5.41) is 11.4. The number of aromatic nitrogens is 2. The van der Waals surface area contributed by atoms with E-state index in [-0.39, 0.29) is 23.8 Å². The zero-order chi connectivity index (χ0) is 20.1. The third-order valence-electron chi connectivity index (χ3n) is 4.19. The Bertz CT molecular complexity index is 897. The lowest BCUT2D eigenvalue weighted by Crippen LogP contribution is -2.46. The summed E-state index contributed by atoms with van der Waals surface area (Å²) < 4.78 is 45.0. The number of benzene rings is 1. The Balaban J connectivity index is 1.68. The van der Waals surface area contributed by atoms with E-state index >= 15 is 0 Å². The first-order valence-electron chi connectivity index (χ1n) is 8.48. The molecule has 1 aromatic carbocycles. The van der Waals surface area contributed by atoms with E-state index in [1.54, 1.807) is 0 Å². The lowest BCUT2D eigenvalue weighted by Gasteiger charge is -2.32. The van der Waals surface area contributed by atoms with Crippen LogP contribution in [-0.4, -0.2) is 40.1 Å². The van der Waals surface area contributed by atoms with Gasteiger partial charge in [0.25, 0.3) is 5.88 Å². The maximum Gasteiger partial charge on any atom is 0.418 e. The third kappa shape index (κ3) is 4.49. The molecule has 28 heavy (non-hydrogen) atoms. The van der Waals surface area contributed by atoms with Crippen LogP contribution in [-0.2, 0) is 6.18 Å². The molecule has 1 saturated heterocycles. The van der Waals surface area contributed by atoms with E-state index in [0.717, 1.165) is 6.07 Å². The summed E-state index contributed by atoms with van der Waals surface area (Å²) >= 11 is 0. The minimum atomic E-state index is -4.57. The minimum absolute atomic E-state index is 0.0307. The Morgan fingerprint density at radius 1 is 1.29 bits per heavy atom. The number of carbonyl (C=O) groups is 1. The van der Waals surface area contributed by atoms with E-state index in [0.29, 0.717) is 19.4 Å². The van der Waals surface area contributed by atoms with Gasteiger partial charge in [-0.1, -0.05) is 12.1 Å². The highest BCUT2D eigenvalue weighted by Crippen LogP contribution is 2.34. The van der Waals surface area contributed by atoms with Crippen LogP contribution in [0.15, 0.2) is 36.7 Å². The summed E-state index contributed by atoms with van der Waals surface area (Å²) in [6.07, 6.45) is -1.05. The number of nitriles is 1. The molecule has 2 amide bonds. The van der Waals surface area contributed by atoms with Crippen molar-refractivity contribution in [2.75, 3.05) is 18.4 Å². The number of hydrogen-bond donors (Lipinski definition) is 1. The van der Waals surface area contributed by atoms with E-state index in [1.807, 2.05) is 6.07 Å². The van der Waals surface area contributed by atoms with E-state index in [4.69, 9.17) is 10.00 Å². The van der Waals surface area contributed by atoms with Gasteiger partial charge in [-0.3, -0.25) is 0 Å². The molecule has 1 atom stereocenters. The van der Waals surface area contributed by atoms with Crippen LogP contribution < -0.4 is 10.1 Å². The summed E-state index contributed by atoms with van der Waals surface area (Å²) in [6.45, 7) is 0.535. The largest absolute Gasteiger partial charge is 0.470 e. The van der Waals surface area contributed by atoms with Crippen molar-refractivity contribution < 1.29 is 22.7 Å². The average Bonchev–Trinajstić information content (AvgIpc) is 2.68. The standard InChI is InChI=1S/C18H16F3N5O2/c19-18(20,21)13-5-1-2-6-14(13)25-17(27)26-9-3-4-12(11-26)28-16-15(10-22)23-7-8-24-16/h1-2,5-8,12H,3-4,9,11H2,(H,25,27). The van der Waals surface area contributed by atoms with E-state index in [2.05, 4.69) is 15.3 Å². The topological polar surface area (TPSA) is 91.1 Å². The normalized spacial score (nSPS) is 16.9. The molecule has 0 radical (unpaired) electrons. The fraction of sp³-hybridized carbons (Fsp3) is 0.333. The molecule has 0 bridgehead atoms. The van der Waals surface area contributed by atoms with Crippen LogP contribution in [0.5, 0.6) is 5.88 Å². The lowest BCUT2D eigenvalue weighted by molar-refractivity contribution is -0.136. The SMILES string of the molecule is N#Cc1nccnc1OC1CCCN(C(=O)Nc2ccccc2C(F)(F)F)C1. The van der Waals surface area contributed by atoms with E-state index in [1.165, 1.54) is 35.5 Å². The third-order valence-corrected chi connectivity index (χ3v) is 4.19. The molecule has 10 heteroatoms. The highest BCUT2D eigenvalue weighted by Gasteiger charge is 2.34. The quantitative estimate of drug-likeness (QED) is 0.866. The van der Waals surface area contributed by atoms with Gasteiger partial charge in [0.15, 0.2) is 0 Å². The maximum atomic E-state index is 13.1. The van der Waals surface area contributed by atoms with Crippen molar-refractivity contribution in [3.63, 3.8) is 0 Å². The molecule has 7 nitrogen and oxygen atoms in total. The number of halogens is 3. The second kappa shape index (κ2) is 8.12.